The molecule has 0 radical (unpaired) electrons. The second-order valence-electron chi connectivity index (χ2n) is 3.87. The Morgan fingerprint density at radius 1 is 1.59 bits per heavy atom. The number of carbonyl (C=O) groups excluding carboxylic acids is 1. The summed E-state index contributed by atoms with van der Waals surface area (Å²) in [5.74, 6) is -0.104. The van der Waals surface area contributed by atoms with Crippen molar-refractivity contribution in [2.45, 2.75) is 32.1 Å². The van der Waals surface area contributed by atoms with Crippen LogP contribution >= 0.6 is 23.1 Å². The Hall–Kier alpha value is -0.590. The average Bonchev–Trinajstić information content (AvgIpc) is 2.59. The van der Waals surface area contributed by atoms with Gasteiger partial charge in [-0.15, -0.1) is 11.3 Å². The number of aliphatic hydroxyl groups is 1. The highest BCUT2D eigenvalue weighted by Crippen LogP contribution is 2.18. The average molecular weight is 274 g/mol. The van der Waals surface area contributed by atoms with Crippen LogP contribution in [-0.2, 0) is 0 Å². The Kier molecular flexibility index (Phi) is 5.42. The van der Waals surface area contributed by atoms with Crippen molar-refractivity contribution in [1.82, 2.24) is 10.3 Å². The molecule has 0 saturated carbocycles. The van der Waals surface area contributed by atoms with Gasteiger partial charge in [-0.25, -0.2) is 4.98 Å². The fourth-order valence-corrected chi connectivity index (χ4v) is 2.99. The van der Waals surface area contributed by atoms with E-state index in [0.717, 1.165) is 10.7 Å². The van der Waals surface area contributed by atoms with E-state index in [2.05, 4.69) is 10.3 Å². The van der Waals surface area contributed by atoms with Gasteiger partial charge in [-0.2, -0.15) is 11.8 Å². The van der Waals surface area contributed by atoms with Crippen LogP contribution in [0.5, 0.6) is 0 Å². The van der Waals surface area contributed by atoms with Gasteiger partial charge in [-0.05, 0) is 27.0 Å². The number of thiazole rings is 1. The van der Waals surface area contributed by atoms with Crippen molar-refractivity contribution in [2.75, 3.05) is 12.9 Å². The molecular weight excluding hydrogens is 256 g/mol. The maximum absolute atomic E-state index is 12.0. The third-order valence-electron chi connectivity index (χ3n) is 2.51. The molecule has 0 aliphatic heterocycles. The van der Waals surface area contributed by atoms with Gasteiger partial charge in [0.05, 0.1) is 17.3 Å². The van der Waals surface area contributed by atoms with E-state index < -0.39 is 0 Å². The van der Waals surface area contributed by atoms with E-state index in [1.54, 1.807) is 11.8 Å². The number of hydrogen-bond donors (Lipinski definition) is 2. The standard InChI is InChI=1S/C11H18N2O2S2/c1-6(9(5-14)16-4)13-11(15)10-7(2)12-8(3)17-10/h6,9,14H,5H2,1-4H3,(H,13,15). The summed E-state index contributed by atoms with van der Waals surface area (Å²) < 4.78 is 0. The van der Waals surface area contributed by atoms with Crippen molar-refractivity contribution in [2.24, 2.45) is 0 Å². The zero-order chi connectivity index (χ0) is 13.0. The second kappa shape index (κ2) is 6.37. The molecule has 6 heteroatoms. The van der Waals surface area contributed by atoms with Gasteiger partial charge in [-0.1, -0.05) is 0 Å². The molecule has 0 aromatic carbocycles. The summed E-state index contributed by atoms with van der Waals surface area (Å²) in [6, 6.07) is -0.0655. The van der Waals surface area contributed by atoms with Crippen LogP contribution in [0.2, 0.25) is 0 Å². The lowest BCUT2D eigenvalue weighted by Gasteiger charge is -2.20. The van der Waals surface area contributed by atoms with E-state index in [4.69, 9.17) is 5.11 Å². The molecule has 1 heterocycles. The predicted molar refractivity (Wildman–Crippen MR) is 72.9 cm³/mol. The van der Waals surface area contributed by atoms with Gasteiger partial charge in [0.2, 0.25) is 0 Å². The number of nitrogens with zero attached hydrogens (tertiary/aromatic N) is 1. The lowest BCUT2D eigenvalue weighted by molar-refractivity contribution is 0.0939. The Morgan fingerprint density at radius 3 is 2.65 bits per heavy atom. The number of aryl methyl sites for hydroxylation is 2. The van der Waals surface area contributed by atoms with Gasteiger partial charge in [0.25, 0.3) is 5.91 Å². The molecule has 1 rings (SSSR count). The minimum atomic E-state index is -0.104. The summed E-state index contributed by atoms with van der Waals surface area (Å²) in [5, 5.41) is 13.0. The molecule has 1 aromatic rings. The highest BCUT2D eigenvalue weighted by Gasteiger charge is 2.20. The van der Waals surface area contributed by atoms with Crippen molar-refractivity contribution in [3.63, 3.8) is 0 Å². The quantitative estimate of drug-likeness (QED) is 0.856. The smallest absolute Gasteiger partial charge is 0.263 e. The molecule has 0 aliphatic carbocycles. The normalized spacial score (nSPS) is 14.4. The third-order valence-corrected chi connectivity index (χ3v) is 4.74. The van der Waals surface area contributed by atoms with Gasteiger partial charge < -0.3 is 10.4 Å². The largest absolute Gasteiger partial charge is 0.395 e. The molecule has 1 aromatic heterocycles. The minimum absolute atomic E-state index is 0.0216. The maximum Gasteiger partial charge on any atom is 0.263 e. The molecule has 0 spiro atoms. The van der Waals surface area contributed by atoms with Gasteiger partial charge >= 0.3 is 0 Å². The molecule has 0 aliphatic rings. The number of nitrogens with one attached hydrogen (secondary N) is 1. The van der Waals surface area contributed by atoms with E-state index in [1.165, 1.54) is 11.3 Å². The summed E-state index contributed by atoms with van der Waals surface area (Å²) >= 11 is 2.95. The molecule has 2 unspecified atom stereocenters. The van der Waals surface area contributed by atoms with Gasteiger partial charge in [0, 0.05) is 11.3 Å². The van der Waals surface area contributed by atoms with Crippen molar-refractivity contribution < 1.29 is 9.90 Å². The van der Waals surface area contributed by atoms with Crippen molar-refractivity contribution in [3.8, 4) is 0 Å². The number of hydrogen-bond acceptors (Lipinski definition) is 5. The Labute approximate surface area is 110 Å². The topological polar surface area (TPSA) is 62.2 Å². The maximum atomic E-state index is 12.0. The zero-order valence-corrected chi connectivity index (χ0v) is 12.1. The summed E-state index contributed by atoms with van der Waals surface area (Å²) in [6.07, 6.45) is 1.92. The van der Waals surface area contributed by atoms with E-state index >= 15 is 0 Å². The fraction of sp³-hybridized carbons (Fsp3) is 0.636. The van der Waals surface area contributed by atoms with Gasteiger partial charge in [0.1, 0.15) is 4.88 Å². The molecular formula is C11H18N2O2S2. The van der Waals surface area contributed by atoms with E-state index in [1.807, 2.05) is 27.0 Å². The first-order valence-corrected chi connectivity index (χ1v) is 7.48. The third kappa shape index (κ3) is 3.69. The van der Waals surface area contributed by atoms with Gasteiger partial charge in [-0.3, -0.25) is 4.79 Å². The van der Waals surface area contributed by atoms with Gasteiger partial charge in [0.15, 0.2) is 0 Å². The molecule has 4 nitrogen and oxygen atoms in total. The highest BCUT2D eigenvalue weighted by atomic mass is 32.2. The Balaban J connectivity index is 2.69. The minimum Gasteiger partial charge on any atom is -0.395 e. The van der Waals surface area contributed by atoms with Crippen LogP contribution in [0.25, 0.3) is 0 Å². The van der Waals surface area contributed by atoms with Crippen LogP contribution in [-0.4, -0.2) is 40.2 Å². The van der Waals surface area contributed by atoms with Crippen molar-refractivity contribution >= 4 is 29.0 Å². The van der Waals surface area contributed by atoms with E-state index in [9.17, 15) is 4.79 Å². The highest BCUT2D eigenvalue weighted by molar-refractivity contribution is 7.99. The van der Waals surface area contributed by atoms with Crippen molar-refractivity contribution in [1.29, 1.82) is 0 Å². The molecule has 1 amide bonds. The molecule has 96 valence electrons. The number of rotatable bonds is 5. The Bertz CT molecular complexity index is 389. The van der Waals surface area contributed by atoms with Crippen LogP contribution in [0, 0.1) is 13.8 Å². The summed E-state index contributed by atoms with van der Waals surface area (Å²) in [6.45, 7) is 5.68. The Morgan fingerprint density at radius 2 is 2.24 bits per heavy atom. The van der Waals surface area contributed by atoms with Crippen LogP contribution < -0.4 is 5.32 Å². The monoisotopic (exact) mass is 274 g/mol. The number of carbonyl (C=O) groups is 1. The first kappa shape index (κ1) is 14.5. The van der Waals surface area contributed by atoms with Crippen molar-refractivity contribution in [3.05, 3.63) is 15.6 Å². The molecule has 0 bridgehead atoms. The molecule has 0 saturated heterocycles. The summed E-state index contributed by atoms with van der Waals surface area (Å²) in [5.41, 5.74) is 0.766. The predicted octanol–water partition coefficient (Wildman–Crippen LogP) is 1.60. The van der Waals surface area contributed by atoms with E-state index in [-0.39, 0.29) is 23.8 Å². The first-order valence-electron chi connectivity index (χ1n) is 5.38. The molecule has 2 N–H and O–H groups in total. The lowest BCUT2D eigenvalue weighted by atomic mass is 10.2. The summed E-state index contributed by atoms with van der Waals surface area (Å²) in [4.78, 5) is 16.9. The van der Waals surface area contributed by atoms with Crippen LogP contribution in [0.1, 0.15) is 27.3 Å². The molecule has 2 atom stereocenters. The summed E-state index contributed by atoms with van der Waals surface area (Å²) in [7, 11) is 0. The zero-order valence-electron chi connectivity index (χ0n) is 10.5. The number of aromatic nitrogens is 1. The number of thioether (sulfide) groups is 1. The molecule has 17 heavy (non-hydrogen) atoms. The number of amides is 1. The first-order chi connectivity index (χ1) is 7.99. The fourth-order valence-electron chi connectivity index (χ4n) is 1.54. The molecule has 0 fully saturated rings. The lowest BCUT2D eigenvalue weighted by Crippen LogP contribution is -2.41. The van der Waals surface area contributed by atoms with E-state index in [0.29, 0.717) is 4.88 Å². The van der Waals surface area contributed by atoms with Crippen LogP contribution in [0.3, 0.4) is 0 Å². The van der Waals surface area contributed by atoms with Crippen LogP contribution in [0.4, 0.5) is 0 Å². The number of aliphatic hydroxyl groups excluding tert-OH is 1. The second-order valence-corrected chi connectivity index (χ2v) is 6.15. The van der Waals surface area contributed by atoms with Crippen LogP contribution in [0.15, 0.2) is 0 Å². The SMILES string of the molecule is CSC(CO)C(C)NC(=O)c1sc(C)nc1C.